The summed E-state index contributed by atoms with van der Waals surface area (Å²) in [6.45, 7) is 3.08. The van der Waals surface area contributed by atoms with Crippen molar-refractivity contribution in [3.05, 3.63) is 23.8 Å². The van der Waals surface area contributed by atoms with Crippen LogP contribution in [0.15, 0.2) is 18.2 Å². The molecule has 1 aromatic carbocycles. The second kappa shape index (κ2) is 5.48. The van der Waals surface area contributed by atoms with Crippen molar-refractivity contribution in [1.29, 1.82) is 0 Å². The monoisotopic (exact) mass is 264 g/mol. The number of nitrogens with two attached hydrogens (primary N) is 1. The summed E-state index contributed by atoms with van der Waals surface area (Å²) < 4.78 is 5.30. The fraction of sp³-hybridized carbons (Fsp3) is 0.500. The number of hydrogen-bond donors (Lipinski definition) is 2. The fourth-order valence-electron chi connectivity index (χ4n) is 2.62. The summed E-state index contributed by atoms with van der Waals surface area (Å²) in [4.78, 5) is 13.3. The smallest absolute Gasteiger partial charge is 0.222 e. The maximum atomic E-state index is 11.2. The molecule has 2 rings (SSSR count). The summed E-state index contributed by atoms with van der Waals surface area (Å²) in [5.41, 5.74) is 7.03. The van der Waals surface area contributed by atoms with Crippen LogP contribution in [0.3, 0.4) is 0 Å². The van der Waals surface area contributed by atoms with E-state index < -0.39 is 6.10 Å². The Morgan fingerprint density at radius 3 is 2.84 bits per heavy atom. The molecule has 1 unspecified atom stereocenters. The molecule has 1 aromatic rings. The SMILES string of the molecule is COc1cccc(N2CCC(C(N)=O)C2)c1[C@H](C)O. The van der Waals surface area contributed by atoms with Crippen LogP contribution in [0, 0.1) is 5.92 Å². The largest absolute Gasteiger partial charge is 0.496 e. The number of hydrogen-bond acceptors (Lipinski definition) is 4. The molecule has 0 spiro atoms. The van der Waals surface area contributed by atoms with Crippen LogP contribution >= 0.6 is 0 Å². The number of benzene rings is 1. The molecule has 0 bridgehead atoms. The average molecular weight is 264 g/mol. The Kier molecular flexibility index (Phi) is 3.95. The van der Waals surface area contributed by atoms with Crippen molar-refractivity contribution in [1.82, 2.24) is 0 Å². The Balaban J connectivity index is 2.33. The van der Waals surface area contributed by atoms with Gasteiger partial charge in [-0.15, -0.1) is 0 Å². The molecule has 1 aliphatic rings. The van der Waals surface area contributed by atoms with E-state index in [-0.39, 0.29) is 11.8 Å². The second-order valence-electron chi connectivity index (χ2n) is 4.90. The average Bonchev–Trinajstić information content (AvgIpc) is 2.87. The third-order valence-corrected chi connectivity index (χ3v) is 3.61. The molecule has 0 aromatic heterocycles. The van der Waals surface area contributed by atoms with Crippen molar-refractivity contribution >= 4 is 11.6 Å². The molecule has 5 nitrogen and oxygen atoms in total. The zero-order chi connectivity index (χ0) is 14.0. The molecule has 104 valence electrons. The minimum Gasteiger partial charge on any atom is -0.496 e. The first kappa shape index (κ1) is 13.7. The minimum atomic E-state index is -0.626. The Labute approximate surface area is 113 Å². The van der Waals surface area contributed by atoms with Gasteiger partial charge in [-0.2, -0.15) is 0 Å². The number of aliphatic hydroxyl groups is 1. The molecule has 1 heterocycles. The maximum Gasteiger partial charge on any atom is 0.222 e. The van der Waals surface area contributed by atoms with E-state index in [1.54, 1.807) is 14.0 Å². The lowest BCUT2D eigenvalue weighted by Gasteiger charge is -2.24. The van der Waals surface area contributed by atoms with E-state index in [1.165, 1.54) is 0 Å². The number of primary amides is 1. The topological polar surface area (TPSA) is 75.8 Å². The number of amides is 1. The molecule has 1 fully saturated rings. The molecule has 3 N–H and O–H groups in total. The summed E-state index contributed by atoms with van der Waals surface area (Å²) in [5.74, 6) is 0.284. The van der Waals surface area contributed by atoms with Gasteiger partial charge in [-0.1, -0.05) is 6.07 Å². The number of methoxy groups -OCH3 is 1. The Hall–Kier alpha value is -1.75. The van der Waals surface area contributed by atoms with E-state index >= 15 is 0 Å². The van der Waals surface area contributed by atoms with Crippen molar-refractivity contribution in [2.24, 2.45) is 11.7 Å². The van der Waals surface area contributed by atoms with Crippen LogP contribution in [0.1, 0.15) is 25.0 Å². The van der Waals surface area contributed by atoms with Gasteiger partial charge >= 0.3 is 0 Å². The van der Waals surface area contributed by atoms with Gasteiger partial charge < -0.3 is 20.5 Å². The van der Waals surface area contributed by atoms with Crippen molar-refractivity contribution in [2.45, 2.75) is 19.4 Å². The highest BCUT2D eigenvalue weighted by Gasteiger charge is 2.29. The van der Waals surface area contributed by atoms with Gasteiger partial charge in [0.05, 0.1) is 19.1 Å². The molecule has 19 heavy (non-hydrogen) atoms. The van der Waals surface area contributed by atoms with E-state index in [2.05, 4.69) is 4.90 Å². The van der Waals surface area contributed by atoms with Crippen molar-refractivity contribution in [3.8, 4) is 5.75 Å². The van der Waals surface area contributed by atoms with E-state index in [9.17, 15) is 9.90 Å². The lowest BCUT2D eigenvalue weighted by Crippen LogP contribution is -2.28. The van der Waals surface area contributed by atoms with Crippen molar-refractivity contribution < 1.29 is 14.6 Å². The minimum absolute atomic E-state index is 0.118. The van der Waals surface area contributed by atoms with Gasteiger partial charge in [0.15, 0.2) is 0 Å². The lowest BCUT2D eigenvalue weighted by atomic mass is 10.1. The summed E-state index contributed by atoms with van der Waals surface area (Å²) in [6.07, 6.45) is 0.130. The van der Waals surface area contributed by atoms with E-state index in [1.807, 2.05) is 18.2 Å². The first-order valence-corrected chi connectivity index (χ1v) is 6.43. The molecule has 1 saturated heterocycles. The first-order chi connectivity index (χ1) is 9.04. The molecule has 5 heteroatoms. The highest BCUT2D eigenvalue weighted by atomic mass is 16.5. The van der Waals surface area contributed by atoms with Crippen molar-refractivity contribution in [3.63, 3.8) is 0 Å². The van der Waals surface area contributed by atoms with E-state index in [0.29, 0.717) is 12.3 Å². The van der Waals surface area contributed by atoms with Gasteiger partial charge in [-0.05, 0) is 25.5 Å². The number of carbonyl (C=O) groups is 1. The van der Waals surface area contributed by atoms with Gasteiger partial charge in [0, 0.05) is 24.3 Å². The third kappa shape index (κ3) is 2.66. The van der Waals surface area contributed by atoms with Crippen molar-refractivity contribution in [2.75, 3.05) is 25.1 Å². The number of ether oxygens (including phenoxy) is 1. The summed E-state index contributed by atoms with van der Waals surface area (Å²) in [5, 5.41) is 9.95. The zero-order valence-electron chi connectivity index (χ0n) is 11.3. The van der Waals surface area contributed by atoms with Crippen LogP contribution in [0.4, 0.5) is 5.69 Å². The van der Waals surface area contributed by atoms with Crippen LogP contribution in [-0.4, -0.2) is 31.2 Å². The molecule has 1 aliphatic heterocycles. The molecule has 1 amide bonds. The number of aliphatic hydroxyl groups excluding tert-OH is 1. The molecular formula is C14H20N2O3. The Morgan fingerprint density at radius 2 is 2.32 bits per heavy atom. The summed E-state index contributed by atoms with van der Waals surface area (Å²) in [7, 11) is 1.58. The number of anilines is 1. The molecule has 0 radical (unpaired) electrons. The third-order valence-electron chi connectivity index (χ3n) is 3.61. The predicted octanol–water partition coefficient (Wildman–Crippen LogP) is 1.06. The predicted molar refractivity (Wildman–Crippen MR) is 73.1 cm³/mol. The van der Waals surface area contributed by atoms with E-state index in [0.717, 1.165) is 24.2 Å². The Morgan fingerprint density at radius 1 is 1.58 bits per heavy atom. The van der Waals surface area contributed by atoms with Gasteiger partial charge in [-0.3, -0.25) is 4.79 Å². The van der Waals surface area contributed by atoms with Gasteiger partial charge in [0.1, 0.15) is 5.75 Å². The van der Waals surface area contributed by atoms with Gasteiger partial charge in [0.25, 0.3) is 0 Å². The molecule has 0 aliphatic carbocycles. The molecule has 0 saturated carbocycles. The molecule has 2 atom stereocenters. The second-order valence-corrected chi connectivity index (χ2v) is 4.90. The standard InChI is InChI=1S/C14H20N2O3/c1-9(17)13-11(4-3-5-12(13)19-2)16-7-6-10(8-16)14(15)18/h3-5,9-10,17H,6-8H2,1-2H3,(H2,15,18)/t9-,10?/m0/s1. The highest BCUT2D eigenvalue weighted by Crippen LogP contribution is 2.36. The van der Waals surface area contributed by atoms with Crippen LogP contribution in [0.5, 0.6) is 5.75 Å². The summed E-state index contributed by atoms with van der Waals surface area (Å²) in [6, 6.07) is 5.65. The van der Waals surface area contributed by atoms with E-state index in [4.69, 9.17) is 10.5 Å². The van der Waals surface area contributed by atoms with Crippen LogP contribution in [0.2, 0.25) is 0 Å². The number of carbonyl (C=O) groups excluding carboxylic acids is 1. The van der Waals surface area contributed by atoms with Crippen LogP contribution < -0.4 is 15.4 Å². The van der Waals surface area contributed by atoms with Gasteiger partial charge in [0.2, 0.25) is 5.91 Å². The van der Waals surface area contributed by atoms with Crippen LogP contribution in [0.25, 0.3) is 0 Å². The zero-order valence-corrected chi connectivity index (χ0v) is 11.3. The lowest BCUT2D eigenvalue weighted by molar-refractivity contribution is -0.121. The number of rotatable bonds is 4. The van der Waals surface area contributed by atoms with Crippen LogP contribution in [-0.2, 0) is 4.79 Å². The maximum absolute atomic E-state index is 11.2. The fourth-order valence-corrected chi connectivity index (χ4v) is 2.62. The molecular weight excluding hydrogens is 244 g/mol. The normalized spacial score (nSPS) is 20.4. The quantitative estimate of drug-likeness (QED) is 0.852. The van der Waals surface area contributed by atoms with Gasteiger partial charge in [-0.25, -0.2) is 0 Å². The summed E-state index contributed by atoms with van der Waals surface area (Å²) >= 11 is 0. The first-order valence-electron chi connectivity index (χ1n) is 6.43. The Bertz CT molecular complexity index is 474. The number of nitrogens with zero attached hydrogens (tertiary/aromatic N) is 1. The highest BCUT2D eigenvalue weighted by molar-refractivity contribution is 5.78.